The third-order valence-electron chi connectivity index (χ3n) is 5.95. The number of ether oxygens (including phenoxy) is 2. The molecule has 0 bridgehead atoms. The molecule has 4 amide bonds. The monoisotopic (exact) mass is 499 g/mol. The Hall–Kier alpha value is -4.59. The topological polar surface area (TPSA) is 97.0 Å². The van der Waals surface area contributed by atoms with Crippen LogP contribution in [0.5, 0.6) is 11.5 Å². The number of anilines is 1. The van der Waals surface area contributed by atoms with Gasteiger partial charge in [0.1, 0.15) is 18.8 Å². The van der Waals surface area contributed by atoms with E-state index in [1.54, 1.807) is 24.3 Å². The Morgan fingerprint density at radius 3 is 2.51 bits per heavy atom. The molecule has 3 aromatic carbocycles. The highest BCUT2D eigenvalue weighted by molar-refractivity contribution is 6.16. The van der Waals surface area contributed by atoms with E-state index >= 15 is 0 Å². The molecule has 3 aromatic rings. The van der Waals surface area contributed by atoms with Gasteiger partial charge >= 0.3 is 6.03 Å². The summed E-state index contributed by atoms with van der Waals surface area (Å²) in [6.07, 6.45) is 2.28. The van der Waals surface area contributed by atoms with Crippen molar-refractivity contribution >= 4 is 29.6 Å². The number of carbonyl (C=O) groups is 3. The molecule has 0 saturated carbocycles. The van der Waals surface area contributed by atoms with Crippen LogP contribution in [-0.2, 0) is 22.6 Å². The summed E-state index contributed by atoms with van der Waals surface area (Å²) in [5.74, 6) is 0.00622. The predicted octanol–water partition coefficient (Wildman–Crippen LogP) is 4.68. The van der Waals surface area contributed by atoms with Gasteiger partial charge in [-0.2, -0.15) is 0 Å². The molecule has 0 aliphatic carbocycles. The summed E-state index contributed by atoms with van der Waals surface area (Å²) in [6.45, 7) is 4.00. The van der Waals surface area contributed by atoms with Gasteiger partial charge in [0.2, 0.25) is 5.91 Å². The minimum atomic E-state index is -0.653. The van der Waals surface area contributed by atoms with Crippen molar-refractivity contribution in [1.82, 2.24) is 10.2 Å². The van der Waals surface area contributed by atoms with E-state index in [2.05, 4.69) is 10.6 Å². The zero-order valence-corrected chi connectivity index (χ0v) is 21.0. The van der Waals surface area contributed by atoms with Crippen molar-refractivity contribution < 1.29 is 23.9 Å². The molecule has 1 fully saturated rings. The van der Waals surface area contributed by atoms with Gasteiger partial charge in [-0.25, -0.2) is 9.69 Å². The lowest BCUT2D eigenvalue weighted by atomic mass is 10.1. The highest BCUT2D eigenvalue weighted by Crippen LogP contribution is 2.30. The van der Waals surface area contributed by atoms with E-state index in [1.165, 1.54) is 18.7 Å². The van der Waals surface area contributed by atoms with E-state index in [9.17, 15) is 14.4 Å². The van der Waals surface area contributed by atoms with Crippen LogP contribution in [0, 0.1) is 6.92 Å². The van der Waals surface area contributed by atoms with Gasteiger partial charge in [-0.3, -0.25) is 9.59 Å². The van der Waals surface area contributed by atoms with E-state index in [0.29, 0.717) is 29.4 Å². The van der Waals surface area contributed by atoms with Gasteiger partial charge in [-0.05, 0) is 54.3 Å². The lowest BCUT2D eigenvalue weighted by molar-refractivity contribution is -0.127. The van der Waals surface area contributed by atoms with Gasteiger partial charge in [0, 0.05) is 5.69 Å². The number of nitrogens with one attached hydrogen (secondary N) is 2. The number of amides is 4. The van der Waals surface area contributed by atoms with Crippen molar-refractivity contribution in [2.75, 3.05) is 19.0 Å². The Bertz CT molecular complexity index is 1350. The van der Waals surface area contributed by atoms with Crippen LogP contribution >= 0.6 is 0 Å². The first-order valence-corrected chi connectivity index (χ1v) is 12.0. The highest BCUT2D eigenvalue weighted by atomic mass is 16.5. The molecule has 190 valence electrons. The van der Waals surface area contributed by atoms with Crippen LogP contribution < -0.4 is 20.1 Å². The number of hydrogen-bond acceptors (Lipinski definition) is 5. The van der Waals surface area contributed by atoms with Gasteiger partial charge in [-0.15, -0.1) is 0 Å². The average Bonchev–Trinajstić information content (AvgIpc) is 3.16. The van der Waals surface area contributed by atoms with Gasteiger partial charge in [0.25, 0.3) is 5.91 Å². The fourth-order valence-electron chi connectivity index (χ4n) is 3.90. The second-order valence-electron chi connectivity index (χ2n) is 8.62. The maximum atomic E-state index is 12.9. The molecule has 0 spiro atoms. The summed E-state index contributed by atoms with van der Waals surface area (Å²) in [5.41, 5.74) is 4.53. The number of nitrogens with zero attached hydrogens (tertiary/aromatic N) is 1. The molecule has 8 heteroatoms. The van der Waals surface area contributed by atoms with Gasteiger partial charge in [0.05, 0.1) is 7.11 Å². The van der Waals surface area contributed by atoms with Crippen LogP contribution in [0.1, 0.15) is 29.2 Å². The maximum absolute atomic E-state index is 12.9. The Morgan fingerprint density at radius 2 is 1.78 bits per heavy atom. The molecule has 1 saturated heterocycles. The first kappa shape index (κ1) is 25.5. The van der Waals surface area contributed by atoms with Crippen molar-refractivity contribution in [1.29, 1.82) is 0 Å². The fraction of sp³-hybridized carbons (Fsp3) is 0.207. The SMILES string of the molecule is CCc1ccccc1NC(=O)CN1C(=O)N/C(=C/c2ccc(OCc3ccc(C)cc3)c(OC)c2)C1=O. The molecular formula is C29H29N3O5. The molecule has 1 aliphatic heterocycles. The molecule has 4 rings (SSSR count). The molecule has 2 N–H and O–H groups in total. The molecule has 0 aromatic heterocycles. The van der Waals surface area contributed by atoms with Crippen molar-refractivity contribution in [3.8, 4) is 11.5 Å². The van der Waals surface area contributed by atoms with Crippen molar-refractivity contribution in [2.45, 2.75) is 26.9 Å². The second kappa shape index (κ2) is 11.4. The fourth-order valence-corrected chi connectivity index (χ4v) is 3.90. The minimum Gasteiger partial charge on any atom is -0.493 e. The van der Waals surface area contributed by atoms with Gasteiger partial charge in [0.15, 0.2) is 11.5 Å². The van der Waals surface area contributed by atoms with E-state index in [1.807, 2.05) is 56.3 Å². The van der Waals surface area contributed by atoms with E-state index in [0.717, 1.165) is 22.4 Å². The Morgan fingerprint density at radius 1 is 1.03 bits per heavy atom. The Balaban J connectivity index is 1.43. The molecule has 0 unspecified atom stereocenters. The smallest absolute Gasteiger partial charge is 0.329 e. The largest absolute Gasteiger partial charge is 0.493 e. The predicted molar refractivity (Wildman–Crippen MR) is 141 cm³/mol. The molecular weight excluding hydrogens is 470 g/mol. The number of hydrogen-bond donors (Lipinski definition) is 2. The number of imide groups is 1. The van der Waals surface area contributed by atoms with E-state index in [4.69, 9.17) is 9.47 Å². The summed E-state index contributed by atoms with van der Waals surface area (Å²) in [5, 5.41) is 5.32. The molecule has 37 heavy (non-hydrogen) atoms. The molecule has 1 heterocycles. The maximum Gasteiger partial charge on any atom is 0.329 e. The van der Waals surface area contributed by atoms with Gasteiger partial charge < -0.3 is 20.1 Å². The van der Waals surface area contributed by atoms with Crippen molar-refractivity contribution in [2.24, 2.45) is 0 Å². The number of methoxy groups -OCH3 is 1. The van der Waals surface area contributed by atoms with Crippen LogP contribution in [0.3, 0.4) is 0 Å². The van der Waals surface area contributed by atoms with Crippen molar-refractivity contribution in [3.63, 3.8) is 0 Å². The number of benzene rings is 3. The molecule has 0 radical (unpaired) electrons. The number of aryl methyl sites for hydroxylation is 2. The zero-order chi connectivity index (χ0) is 26.4. The summed E-state index contributed by atoms with van der Waals surface area (Å²) in [6, 6.07) is 20.0. The van der Waals surface area contributed by atoms with Crippen LogP contribution in [0.2, 0.25) is 0 Å². The van der Waals surface area contributed by atoms with Crippen LogP contribution in [0.4, 0.5) is 10.5 Å². The van der Waals surface area contributed by atoms with Crippen LogP contribution in [0.15, 0.2) is 72.4 Å². The van der Waals surface area contributed by atoms with E-state index in [-0.39, 0.29) is 5.70 Å². The summed E-state index contributed by atoms with van der Waals surface area (Å²) >= 11 is 0. The second-order valence-corrected chi connectivity index (χ2v) is 8.62. The highest BCUT2D eigenvalue weighted by Gasteiger charge is 2.35. The van der Waals surface area contributed by atoms with E-state index < -0.39 is 24.4 Å². The summed E-state index contributed by atoms with van der Waals surface area (Å²) in [4.78, 5) is 38.8. The molecule has 8 nitrogen and oxygen atoms in total. The third-order valence-corrected chi connectivity index (χ3v) is 5.95. The summed E-state index contributed by atoms with van der Waals surface area (Å²) in [7, 11) is 1.53. The van der Waals surface area contributed by atoms with Gasteiger partial charge in [-0.1, -0.05) is 61.0 Å². The number of para-hydroxylation sites is 1. The molecule has 1 aliphatic rings. The quantitative estimate of drug-likeness (QED) is 0.329. The average molecular weight is 500 g/mol. The lowest BCUT2D eigenvalue weighted by Gasteiger charge is -2.13. The Kier molecular flexibility index (Phi) is 7.88. The first-order chi connectivity index (χ1) is 17.9. The van der Waals surface area contributed by atoms with Crippen LogP contribution in [0.25, 0.3) is 6.08 Å². The molecule has 0 atom stereocenters. The standard InChI is InChI=1S/C29H29N3O5/c1-4-22-7-5-6-8-23(22)30-27(33)17-32-28(34)24(31-29(32)35)15-21-13-14-25(26(16-21)36-3)37-18-20-11-9-19(2)10-12-20/h5-16H,4,17-18H2,1-3H3,(H,30,33)(H,31,35)/b24-15+. The number of carbonyl (C=O) groups excluding carboxylic acids is 3. The Labute approximate surface area is 215 Å². The zero-order valence-electron chi connectivity index (χ0n) is 21.0. The third kappa shape index (κ3) is 6.16. The lowest BCUT2D eigenvalue weighted by Crippen LogP contribution is -2.38. The van der Waals surface area contributed by atoms with Crippen LogP contribution in [-0.4, -0.2) is 36.4 Å². The number of urea groups is 1. The number of rotatable bonds is 9. The van der Waals surface area contributed by atoms with Crippen molar-refractivity contribution in [3.05, 3.63) is 94.7 Å². The summed E-state index contributed by atoms with van der Waals surface area (Å²) < 4.78 is 11.4. The normalized spacial score (nSPS) is 14.0. The first-order valence-electron chi connectivity index (χ1n) is 12.0. The minimum absolute atomic E-state index is 0.0714.